The normalized spacial score (nSPS) is 14.2. The van der Waals surface area contributed by atoms with Gasteiger partial charge >= 0.3 is 5.97 Å². The molecule has 0 radical (unpaired) electrons. The van der Waals surface area contributed by atoms with Gasteiger partial charge in [-0.3, -0.25) is 0 Å². The molecule has 0 spiro atoms. The summed E-state index contributed by atoms with van der Waals surface area (Å²) in [5.41, 5.74) is 2.82. The fraction of sp³-hybridized carbons (Fsp3) is 0.115. The smallest absolute Gasteiger partial charge is 0.345 e. The third-order valence-electron chi connectivity index (χ3n) is 4.90. The number of fused-ring (bicyclic) bond motifs is 2. The number of carbonyl (C=O) groups is 1. The lowest BCUT2D eigenvalue weighted by Gasteiger charge is -2.31. The van der Waals surface area contributed by atoms with Crippen molar-refractivity contribution < 1.29 is 23.1 Å². The molecule has 4 aromatic rings. The van der Waals surface area contributed by atoms with E-state index >= 15 is 0 Å². The van der Waals surface area contributed by atoms with Gasteiger partial charge in [-0.05, 0) is 24.3 Å². The Kier molecular flexibility index (Phi) is 4.30. The molecule has 2 heterocycles. The zero-order valence-electron chi connectivity index (χ0n) is 16.9. The average Bonchev–Trinajstić information content (AvgIpc) is 3.08. The highest BCUT2D eigenvalue weighted by atomic mass is 19.1. The summed E-state index contributed by atoms with van der Waals surface area (Å²) in [6.45, 7) is 3.34. The van der Waals surface area contributed by atoms with Crippen molar-refractivity contribution >= 4 is 16.9 Å². The summed E-state index contributed by atoms with van der Waals surface area (Å²) >= 11 is 0. The Morgan fingerprint density at radius 3 is 2.48 bits per heavy atom. The van der Waals surface area contributed by atoms with Gasteiger partial charge in [0.25, 0.3) is 0 Å². The van der Waals surface area contributed by atoms with E-state index in [1.165, 1.54) is 12.1 Å². The Bertz CT molecular complexity index is 1390. The van der Waals surface area contributed by atoms with Crippen molar-refractivity contribution in [3.05, 3.63) is 89.2 Å². The van der Waals surface area contributed by atoms with Gasteiger partial charge in [-0.1, -0.05) is 48.2 Å². The number of esters is 1. The predicted octanol–water partition coefficient (Wildman–Crippen LogP) is 5.92. The topological polar surface area (TPSA) is 48.7 Å². The van der Waals surface area contributed by atoms with Gasteiger partial charge < -0.3 is 13.9 Å². The van der Waals surface area contributed by atoms with E-state index in [-0.39, 0.29) is 5.82 Å². The summed E-state index contributed by atoms with van der Waals surface area (Å²) < 4.78 is 30.9. The molecule has 1 aliphatic rings. The molecule has 1 aromatic heterocycles. The number of hydrogen-bond donors (Lipinski definition) is 0. The van der Waals surface area contributed by atoms with Crippen LogP contribution in [0.1, 0.15) is 35.3 Å². The fourth-order valence-corrected chi connectivity index (χ4v) is 3.55. The summed E-state index contributed by atoms with van der Waals surface area (Å²) in [5.74, 6) is 5.18. The largest absolute Gasteiger partial charge is 0.455 e. The number of cyclic esters (lactones) is 1. The Hall–Kier alpha value is -4.04. The van der Waals surface area contributed by atoms with Crippen LogP contribution >= 0.6 is 0 Å². The Balaban J connectivity index is 1.74. The van der Waals surface area contributed by atoms with Gasteiger partial charge in [-0.2, -0.15) is 0 Å². The Morgan fingerprint density at radius 1 is 0.903 bits per heavy atom. The van der Waals surface area contributed by atoms with E-state index < -0.39 is 11.8 Å². The summed E-state index contributed by atoms with van der Waals surface area (Å²) in [5, 5.41) is 0.654. The van der Waals surface area contributed by atoms with Crippen LogP contribution in [0.15, 0.2) is 71.1 Å². The molecule has 0 fully saturated rings. The number of ether oxygens (including phenoxy) is 2. The quantitative estimate of drug-likeness (QED) is 0.287. The van der Waals surface area contributed by atoms with Crippen LogP contribution < -0.4 is 4.74 Å². The van der Waals surface area contributed by atoms with Crippen molar-refractivity contribution in [1.82, 2.24) is 0 Å². The second-order valence-corrected chi connectivity index (χ2v) is 7.67. The minimum Gasteiger partial charge on any atom is -0.455 e. The zero-order chi connectivity index (χ0) is 21.6. The second kappa shape index (κ2) is 7.03. The highest BCUT2D eigenvalue weighted by molar-refractivity contribution is 6.01. The number of rotatable bonds is 1. The molecule has 0 saturated carbocycles. The van der Waals surface area contributed by atoms with Crippen molar-refractivity contribution in [3.8, 4) is 28.9 Å². The zero-order valence-corrected chi connectivity index (χ0v) is 16.9. The van der Waals surface area contributed by atoms with Crippen LogP contribution in [0.5, 0.6) is 5.75 Å². The summed E-state index contributed by atoms with van der Waals surface area (Å²) in [6, 6.07) is 19.0. The lowest BCUT2D eigenvalue weighted by Crippen LogP contribution is -2.38. The van der Waals surface area contributed by atoms with Crippen LogP contribution in [0.2, 0.25) is 0 Å². The maximum absolute atomic E-state index is 13.6. The Morgan fingerprint density at radius 2 is 1.71 bits per heavy atom. The number of benzene rings is 3. The number of furan rings is 1. The van der Waals surface area contributed by atoms with Crippen LogP contribution in [0.3, 0.4) is 0 Å². The molecule has 0 N–H and O–H groups in total. The highest BCUT2D eigenvalue weighted by Crippen LogP contribution is 2.39. The first-order chi connectivity index (χ1) is 14.9. The molecule has 5 rings (SSSR count). The van der Waals surface area contributed by atoms with E-state index in [2.05, 4.69) is 11.8 Å². The van der Waals surface area contributed by atoms with Crippen molar-refractivity contribution in [2.24, 2.45) is 0 Å². The highest BCUT2D eigenvalue weighted by Gasteiger charge is 2.35. The molecule has 3 aromatic carbocycles. The molecule has 31 heavy (non-hydrogen) atoms. The molecule has 0 unspecified atom stereocenters. The van der Waals surface area contributed by atoms with Crippen LogP contribution in [0.4, 0.5) is 4.39 Å². The first kappa shape index (κ1) is 19.0. The molecule has 0 amide bonds. The van der Waals surface area contributed by atoms with Gasteiger partial charge in [0.15, 0.2) is 5.76 Å². The first-order valence-electron chi connectivity index (χ1n) is 9.75. The summed E-state index contributed by atoms with van der Waals surface area (Å²) in [6.07, 6.45) is 0. The maximum Gasteiger partial charge on any atom is 0.345 e. The van der Waals surface area contributed by atoms with Crippen LogP contribution in [0, 0.1) is 17.7 Å². The van der Waals surface area contributed by atoms with Gasteiger partial charge in [0, 0.05) is 36.4 Å². The van der Waals surface area contributed by atoms with Crippen LogP contribution in [0.25, 0.3) is 22.3 Å². The van der Waals surface area contributed by atoms with Crippen molar-refractivity contribution in [2.45, 2.75) is 19.6 Å². The van der Waals surface area contributed by atoms with E-state index in [1.807, 2.05) is 30.3 Å². The van der Waals surface area contributed by atoms with Gasteiger partial charge in [0.2, 0.25) is 5.79 Å². The van der Waals surface area contributed by atoms with Gasteiger partial charge in [0.05, 0.1) is 5.56 Å². The van der Waals surface area contributed by atoms with Crippen molar-refractivity contribution in [3.63, 3.8) is 0 Å². The Labute approximate surface area is 178 Å². The number of halogens is 1. The predicted molar refractivity (Wildman–Crippen MR) is 114 cm³/mol. The van der Waals surface area contributed by atoms with Crippen LogP contribution in [-0.2, 0) is 4.74 Å². The molecule has 0 aliphatic carbocycles. The van der Waals surface area contributed by atoms with E-state index in [0.717, 1.165) is 5.56 Å². The van der Waals surface area contributed by atoms with Crippen molar-refractivity contribution in [2.75, 3.05) is 0 Å². The van der Waals surface area contributed by atoms with Gasteiger partial charge in [-0.15, -0.1) is 0 Å². The van der Waals surface area contributed by atoms with Gasteiger partial charge in [0.1, 0.15) is 22.7 Å². The lowest BCUT2D eigenvalue weighted by atomic mass is 10.0. The van der Waals surface area contributed by atoms with E-state index in [0.29, 0.717) is 39.2 Å². The monoisotopic (exact) mass is 412 g/mol. The average molecular weight is 412 g/mol. The summed E-state index contributed by atoms with van der Waals surface area (Å²) in [7, 11) is 0. The fourth-order valence-electron chi connectivity index (χ4n) is 3.55. The maximum atomic E-state index is 13.6. The molecule has 4 nitrogen and oxygen atoms in total. The molecule has 5 heteroatoms. The van der Waals surface area contributed by atoms with Crippen LogP contribution in [-0.4, -0.2) is 11.8 Å². The lowest BCUT2D eigenvalue weighted by molar-refractivity contribution is -0.127. The van der Waals surface area contributed by atoms with E-state index in [1.54, 1.807) is 38.1 Å². The number of carbonyl (C=O) groups excluding carboxylic acids is 1. The molecule has 152 valence electrons. The minimum absolute atomic E-state index is 0.307. The third kappa shape index (κ3) is 3.53. The van der Waals surface area contributed by atoms with Crippen molar-refractivity contribution in [1.29, 1.82) is 0 Å². The second-order valence-electron chi connectivity index (χ2n) is 7.67. The standard InChI is InChI=1S/C26H17FO4/c1-26(2)30-23-15-22-20(14-21(23)25(28)31-26)19(12-11-16-7-6-10-18(27)13-16)24(29-22)17-8-4-3-5-9-17/h3-10,13-15H,1-2H3. The number of hydrogen-bond acceptors (Lipinski definition) is 4. The molecular weight excluding hydrogens is 395 g/mol. The third-order valence-corrected chi connectivity index (χ3v) is 4.90. The molecular formula is C26H17FO4. The van der Waals surface area contributed by atoms with E-state index in [9.17, 15) is 9.18 Å². The summed E-state index contributed by atoms with van der Waals surface area (Å²) in [4.78, 5) is 12.5. The minimum atomic E-state index is -1.06. The molecule has 1 aliphatic heterocycles. The first-order valence-corrected chi connectivity index (χ1v) is 9.75. The van der Waals surface area contributed by atoms with Gasteiger partial charge in [-0.25, -0.2) is 9.18 Å². The molecule has 0 atom stereocenters. The molecule has 0 saturated heterocycles. The SMILES string of the molecule is CC1(C)OC(=O)c2cc3c(C#Cc4cccc(F)c4)c(-c4ccccc4)oc3cc2O1. The van der Waals surface area contributed by atoms with E-state index in [4.69, 9.17) is 13.9 Å². The molecule has 0 bridgehead atoms.